The normalized spacial score (nSPS) is 12.8. The van der Waals surface area contributed by atoms with Crippen molar-refractivity contribution in [3.8, 4) is 5.75 Å². The average Bonchev–Trinajstić information content (AvgIpc) is 2.75. The molecule has 0 bridgehead atoms. The van der Waals surface area contributed by atoms with Gasteiger partial charge in [-0.05, 0) is 53.0 Å². The van der Waals surface area contributed by atoms with Gasteiger partial charge in [-0.3, -0.25) is 10.1 Å². The molecular weight excluding hydrogens is 550 g/mol. The third kappa shape index (κ3) is 7.47. The van der Waals surface area contributed by atoms with E-state index in [1.807, 2.05) is 0 Å². The predicted molar refractivity (Wildman–Crippen MR) is 123 cm³/mol. The van der Waals surface area contributed by atoms with Gasteiger partial charge in [0.1, 0.15) is 5.75 Å². The summed E-state index contributed by atoms with van der Waals surface area (Å²) in [4.78, 5) is 35.5. The smallest absolute Gasteiger partial charge is 0.414 e. The van der Waals surface area contributed by atoms with E-state index in [2.05, 4.69) is 37.2 Å². The van der Waals surface area contributed by atoms with E-state index < -0.39 is 30.2 Å². The number of aromatic hydroxyl groups is 1. The van der Waals surface area contributed by atoms with Crippen LogP contribution in [0.25, 0.3) is 0 Å². The Labute approximate surface area is 201 Å². The third-order valence-corrected chi connectivity index (χ3v) is 5.43. The van der Waals surface area contributed by atoms with Crippen LogP contribution in [0.1, 0.15) is 34.9 Å². The molecule has 2 atom stereocenters. The number of nitrogens with one attached hydrogen (secondary N) is 1. The zero-order valence-electron chi connectivity index (χ0n) is 17.0. The Bertz CT molecular complexity index is 995. The molecule has 2 amide bonds. The van der Waals surface area contributed by atoms with Gasteiger partial charge in [-0.1, -0.05) is 40.2 Å². The molecule has 0 unspecified atom stereocenters. The summed E-state index contributed by atoms with van der Waals surface area (Å²) in [5, 5.41) is 21.5. The lowest BCUT2D eigenvalue weighted by atomic mass is 9.99. The van der Waals surface area contributed by atoms with E-state index in [1.54, 1.807) is 42.5 Å². The van der Waals surface area contributed by atoms with Gasteiger partial charge >= 0.3 is 12.1 Å². The Hall–Kier alpha value is -2.69. The lowest BCUT2D eigenvalue weighted by Crippen LogP contribution is -2.35. The molecule has 0 aromatic heterocycles. The summed E-state index contributed by atoms with van der Waals surface area (Å²) >= 11 is 6.58. The number of phenolic OH excluding ortho intramolecular Hbond substituents is 1. The van der Waals surface area contributed by atoms with Crippen molar-refractivity contribution in [2.75, 3.05) is 7.11 Å². The molecule has 0 fully saturated rings. The van der Waals surface area contributed by atoms with Gasteiger partial charge in [-0.2, -0.15) is 0 Å². The SMILES string of the molecule is CO[C@@H](CC/C=C/C(=O)O)[C@@H](OC(=O)NC(=O)c1ccccc1)c1cc(Br)cc(Br)c1O. The highest BCUT2D eigenvalue weighted by Gasteiger charge is 2.31. The van der Waals surface area contributed by atoms with E-state index in [-0.39, 0.29) is 23.3 Å². The van der Waals surface area contributed by atoms with Crippen molar-refractivity contribution in [3.63, 3.8) is 0 Å². The Morgan fingerprint density at radius 2 is 1.84 bits per heavy atom. The number of amides is 2. The number of rotatable bonds is 9. The summed E-state index contributed by atoms with van der Waals surface area (Å²) in [6.45, 7) is 0. The monoisotopic (exact) mass is 569 g/mol. The quantitative estimate of drug-likeness (QED) is 0.364. The van der Waals surface area contributed by atoms with Gasteiger partial charge in [0, 0.05) is 28.8 Å². The molecule has 8 nitrogen and oxygen atoms in total. The number of allylic oxidation sites excluding steroid dienone is 1. The van der Waals surface area contributed by atoms with Crippen molar-refractivity contribution >= 4 is 49.8 Å². The van der Waals surface area contributed by atoms with Gasteiger partial charge in [0.2, 0.25) is 0 Å². The molecule has 0 spiro atoms. The van der Waals surface area contributed by atoms with Crippen LogP contribution in [-0.2, 0) is 14.3 Å². The van der Waals surface area contributed by atoms with E-state index in [0.717, 1.165) is 6.08 Å². The molecule has 32 heavy (non-hydrogen) atoms. The van der Waals surface area contributed by atoms with Crippen LogP contribution in [0.15, 0.2) is 63.6 Å². The van der Waals surface area contributed by atoms with E-state index >= 15 is 0 Å². The molecule has 10 heteroatoms. The summed E-state index contributed by atoms with van der Waals surface area (Å²) in [6.07, 6.45) is 0.151. The molecule has 0 saturated carbocycles. The summed E-state index contributed by atoms with van der Waals surface area (Å²) in [6, 6.07) is 11.3. The minimum Gasteiger partial charge on any atom is -0.506 e. The molecule has 170 valence electrons. The minimum atomic E-state index is -1.10. The van der Waals surface area contributed by atoms with Crippen molar-refractivity contribution in [1.82, 2.24) is 5.32 Å². The first kappa shape index (κ1) is 25.6. The molecule has 2 aromatic rings. The number of carbonyl (C=O) groups excluding carboxylic acids is 2. The number of benzene rings is 2. The highest BCUT2D eigenvalue weighted by molar-refractivity contribution is 9.11. The molecule has 0 radical (unpaired) electrons. The zero-order valence-corrected chi connectivity index (χ0v) is 20.1. The third-order valence-electron chi connectivity index (χ3n) is 4.37. The molecule has 0 heterocycles. The van der Waals surface area contributed by atoms with Crippen molar-refractivity contribution in [2.45, 2.75) is 25.0 Å². The number of imide groups is 1. The maximum Gasteiger partial charge on any atom is 0.414 e. The Kier molecular flexibility index (Phi) is 9.89. The standard InChI is InChI=1S/C22H21Br2NO7/c1-31-17(9-5-6-10-18(26)27)20(15-11-14(23)12-16(24)19(15)28)32-22(30)25-21(29)13-7-3-2-4-8-13/h2-4,6-8,10-12,17,20,28H,5,9H2,1H3,(H,26,27)(H,25,29,30)/b10-6+/t17-,20-/m0/s1. The van der Waals surface area contributed by atoms with E-state index in [9.17, 15) is 19.5 Å². The van der Waals surface area contributed by atoms with Crippen LogP contribution in [0.5, 0.6) is 5.75 Å². The van der Waals surface area contributed by atoms with Crippen LogP contribution in [0, 0.1) is 0 Å². The van der Waals surface area contributed by atoms with Gasteiger partial charge < -0.3 is 19.7 Å². The highest BCUT2D eigenvalue weighted by Crippen LogP contribution is 2.39. The Balaban J connectivity index is 2.28. The number of hydrogen-bond acceptors (Lipinski definition) is 6. The lowest BCUT2D eigenvalue weighted by Gasteiger charge is -2.27. The second-order valence-corrected chi connectivity index (χ2v) is 8.33. The predicted octanol–water partition coefficient (Wildman–Crippen LogP) is 4.96. The highest BCUT2D eigenvalue weighted by atomic mass is 79.9. The topological polar surface area (TPSA) is 122 Å². The molecule has 0 aliphatic carbocycles. The second kappa shape index (κ2) is 12.4. The number of carboxylic acid groups (broad SMARTS) is 1. The van der Waals surface area contributed by atoms with Crippen molar-refractivity contribution in [2.24, 2.45) is 0 Å². The number of aliphatic carboxylic acids is 1. The molecule has 2 aromatic carbocycles. The Morgan fingerprint density at radius 3 is 2.47 bits per heavy atom. The van der Waals surface area contributed by atoms with Gasteiger partial charge in [-0.25, -0.2) is 9.59 Å². The first-order valence-electron chi connectivity index (χ1n) is 9.40. The molecule has 0 aliphatic heterocycles. The van der Waals surface area contributed by atoms with Crippen LogP contribution < -0.4 is 5.32 Å². The maximum atomic E-state index is 12.5. The van der Waals surface area contributed by atoms with Crippen LogP contribution in [-0.4, -0.2) is 41.4 Å². The number of carboxylic acids is 1. The summed E-state index contributed by atoms with van der Waals surface area (Å²) in [7, 11) is 1.40. The van der Waals surface area contributed by atoms with Crippen LogP contribution in [0.4, 0.5) is 4.79 Å². The van der Waals surface area contributed by atoms with Crippen LogP contribution in [0.2, 0.25) is 0 Å². The zero-order chi connectivity index (χ0) is 23.7. The Morgan fingerprint density at radius 1 is 1.16 bits per heavy atom. The van der Waals surface area contributed by atoms with Gasteiger partial charge in [-0.15, -0.1) is 0 Å². The molecule has 0 aliphatic rings. The number of halogens is 2. The molecule has 0 saturated heterocycles. The van der Waals surface area contributed by atoms with Gasteiger partial charge in [0.05, 0.1) is 10.6 Å². The number of alkyl carbamates (subject to hydrolysis) is 1. The van der Waals surface area contributed by atoms with Crippen molar-refractivity contribution < 1.29 is 34.1 Å². The maximum absolute atomic E-state index is 12.5. The van der Waals surface area contributed by atoms with Crippen molar-refractivity contribution in [3.05, 3.63) is 74.7 Å². The largest absolute Gasteiger partial charge is 0.506 e. The molecular formula is C22H21Br2NO7. The first-order valence-corrected chi connectivity index (χ1v) is 11.0. The summed E-state index contributed by atoms with van der Waals surface area (Å²) in [5.41, 5.74) is 0.513. The summed E-state index contributed by atoms with van der Waals surface area (Å²) in [5.74, 6) is -1.89. The van der Waals surface area contributed by atoms with Crippen molar-refractivity contribution in [1.29, 1.82) is 0 Å². The van der Waals surface area contributed by atoms with Gasteiger partial charge in [0.15, 0.2) is 6.10 Å². The minimum absolute atomic E-state index is 0.163. The van der Waals surface area contributed by atoms with E-state index in [0.29, 0.717) is 15.4 Å². The van der Waals surface area contributed by atoms with Crippen LogP contribution in [0.3, 0.4) is 0 Å². The molecule has 3 N–H and O–H groups in total. The first-order chi connectivity index (χ1) is 15.2. The van der Waals surface area contributed by atoms with Crippen LogP contribution >= 0.6 is 31.9 Å². The number of ether oxygens (including phenoxy) is 2. The lowest BCUT2D eigenvalue weighted by molar-refractivity contribution is -0.131. The fourth-order valence-corrected chi connectivity index (χ4v) is 4.14. The number of phenols is 1. The second-order valence-electron chi connectivity index (χ2n) is 6.56. The molecule has 2 rings (SSSR count). The van der Waals surface area contributed by atoms with E-state index in [4.69, 9.17) is 14.6 Å². The number of hydrogen-bond donors (Lipinski definition) is 3. The fraction of sp³-hybridized carbons (Fsp3) is 0.227. The summed E-state index contributed by atoms with van der Waals surface area (Å²) < 4.78 is 12.0. The average molecular weight is 571 g/mol. The number of methoxy groups -OCH3 is 1. The van der Waals surface area contributed by atoms with Gasteiger partial charge in [0.25, 0.3) is 5.91 Å². The fourth-order valence-electron chi connectivity index (χ4n) is 2.88. The number of carbonyl (C=O) groups is 3. The van der Waals surface area contributed by atoms with E-state index in [1.165, 1.54) is 13.2 Å².